The zero-order chi connectivity index (χ0) is 17.3. The number of carboxylic acids is 1. The average molecular weight is 327 g/mol. The molecule has 23 heavy (non-hydrogen) atoms. The number of hydrogen-bond donors (Lipinski definition) is 1. The third kappa shape index (κ3) is 15.3. The fourth-order valence-corrected chi connectivity index (χ4v) is 2.55. The van der Waals surface area contributed by atoms with Crippen molar-refractivity contribution in [2.24, 2.45) is 0 Å². The van der Waals surface area contributed by atoms with Gasteiger partial charge in [-0.3, -0.25) is 14.9 Å². The molecule has 0 amide bonds. The van der Waals surface area contributed by atoms with Crippen LogP contribution in [0.4, 0.5) is 0 Å². The second-order valence-electron chi connectivity index (χ2n) is 6.18. The van der Waals surface area contributed by atoms with Crippen LogP contribution >= 0.6 is 0 Å². The number of carbonyl (C=O) groups is 1. The molecule has 0 radical (unpaired) electrons. The third-order valence-corrected chi connectivity index (χ3v) is 3.99. The lowest BCUT2D eigenvalue weighted by Crippen LogP contribution is -2.16. The van der Waals surface area contributed by atoms with Crippen molar-refractivity contribution in [2.75, 3.05) is 0 Å². The molecule has 1 atom stereocenters. The van der Waals surface area contributed by atoms with E-state index in [1.54, 1.807) is 6.08 Å². The van der Waals surface area contributed by atoms with E-state index in [1.165, 1.54) is 19.3 Å². The SMILES string of the molecule is CCCCCCCC(C=CCCCCCCCC(=O)O)[N+](=O)[O-]. The van der Waals surface area contributed by atoms with E-state index in [1.807, 2.05) is 6.08 Å². The summed E-state index contributed by atoms with van der Waals surface area (Å²) in [5.41, 5.74) is 0. The van der Waals surface area contributed by atoms with E-state index in [0.29, 0.717) is 6.42 Å². The van der Waals surface area contributed by atoms with E-state index in [-0.39, 0.29) is 11.3 Å². The van der Waals surface area contributed by atoms with Gasteiger partial charge in [-0.2, -0.15) is 0 Å². The first-order valence-electron chi connectivity index (χ1n) is 9.09. The van der Waals surface area contributed by atoms with E-state index in [9.17, 15) is 14.9 Å². The molecule has 0 fully saturated rings. The molecule has 5 heteroatoms. The average Bonchev–Trinajstić information content (AvgIpc) is 2.50. The van der Waals surface area contributed by atoms with Crippen molar-refractivity contribution in [3.63, 3.8) is 0 Å². The maximum atomic E-state index is 11.0. The number of nitro groups is 1. The zero-order valence-electron chi connectivity index (χ0n) is 14.5. The van der Waals surface area contributed by atoms with Gasteiger partial charge in [0.15, 0.2) is 0 Å². The molecule has 0 aromatic carbocycles. The molecule has 0 aliphatic carbocycles. The van der Waals surface area contributed by atoms with E-state index in [0.717, 1.165) is 51.4 Å². The molecule has 0 saturated heterocycles. The van der Waals surface area contributed by atoms with E-state index in [2.05, 4.69) is 6.92 Å². The van der Waals surface area contributed by atoms with Crippen molar-refractivity contribution in [1.29, 1.82) is 0 Å². The summed E-state index contributed by atoms with van der Waals surface area (Å²) >= 11 is 0. The number of hydrogen-bond acceptors (Lipinski definition) is 3. The molecular formula is C18H33NO4. The number of carboxylic acid groups (broad SMARTS) is 1. The van der Waals surface area contributed by atoms with Gasteiger partial charge in [-0.05, 0) is 31.8 Å². The Bertz CT molecular complexity index is 342. The molecule has 0 saturated carbocycles. The minimum atomic E-state index is -0.728. The van der Waals surface area contributed by atoms with E-state index in [4.69, 9.17) is 5.11 Å². The van der Waals surface area contributed by atoms with Crippen LogP contribution in [0.5, 0.6) is 0 Å². The van der Waals surface area contributed by atoms with E-state index < -0.39 is 12.0 Å². The van der Waals surface area contributed by atoms with Crippen molar-refractivity contribution < 1.29 is 14.8 Å². The van der Waals surface area contributed by atoms with E-state index >= 15 is 0 Å². The molecule has 0 aliphatic heterocycles. The van der Waals surface area contributed by atoms with Gasteiger partial charge in [0.25, 0.3) is 0 Å². The number of rotatable bonds is 16. The highest BCUT2D eigenvalue weighted by Gasteiger charge is 2.14. The Morgan fingerprint density at radius 3 is 2.30 bits per heavy atom. The number of nitrogens with zero attached hydrogens (tertiary/aromatic N) is 1. The molecule has 0 aromatic rings. The maximum Gasteiger partial charge on any atom is 0.303 e. The Hall–Kier alpha value is -1.39. The summed E-state index contributed by atoms with van der Waals surface area (Å²) in [7, 11) is 0. The molecule has 1 N–H and O–H groups in total. The summed E-state index contributed by atoms with van der Waals surface area (Å²) in [6, 6.07) is -0.535. The first-order valence-corrected chi connectivity index (χ1v) is 9.09. The molecule has 0 spiro atoms. The third-order valence-electron chi connectivity index (χ3n) is 3.99. The second-order valence-corrected chi connectivity index (χ2v) is 6.18. The van der Waals surface area contributed by atoms with Crippen LogP contribution in [0.3, 0.4) is 0 Å². The highest BCUT2D eigenvalue weighted by atomic mass is 16.6. The van der Waals surface area contributed by atoms with Crippen LogP contribution < -0.4 is 0 Å². The van der Waals surface area contributed by atoms with Gasteiger partial charge in [0.05, 0.1) is 0 Å². The monoisotopic (exact) mass is 327 g/mol. The van der Waals surface area contributed by atoms with Gasteiger partial charge < -0.3 is 5.11 Å². The first kappa shape index (κ1) is 21.6. The van der Waals surface area contributed by atoms with Crippen LogP contribution in [0.1, 0.15) is 90.4 Å². The lowest BCUT2D eigenvalue weighted by molar-refractivity contribution is -0.510. The molecule has 134 valence electrons. The van der Waals surface area contributed by atoms with Crippen molar-refractivity contribution in [3.05, 3.63) is 22.3 Å². The largest absolute Gasteiger partial charge is 0.481 e. The predicted molar refractivity (Wildman–Crippen MR) is 93.3 cm³/mol. The summed E-state index contributed by atoms with van der Waals surface area (Å²) in [5.74, 6) is -0.728. The molecular weight excluding hydrogens is 294 g/mol. The number of allylic oxidation sites excluding steroid dienone is 1. The summed E-state index contributed by atoms with van der Waals surface area (Å²) in [4.78, 5) is 21.2. The van der Waals surface area contributed by atoms with Gasteiger partial charge in [-0.15, -0.1) is 0 Å². The van der Waals surface area contributed by atoms with Crippen molar-refractivity contribution in [2.45, 2.75) is 96.4 Å². The highest BCUT2D eigenvalue weighted by molar-refractivity contribution is 5.66. The Labute approximate surface area is 140 Å². The van der Waals surface area contributed by atoms with Gasteiger partial charge in [-0.1, -0.05) is 57.9 Å². The summed E-state index contributed by atoms with van der Waals surface area (Å²) in [6.07, 6.45) is 15.9. The van der Waals surface area contributed by atoms with Gasteiger partial charge in [-0.25, -0.2) is 0 Å². The van der Waals surface area contributed by atoms with Crippen molar-refractivity contribution in [3.8, 4) is 0 Å². The van der Waals surface area contributed by atoms with Crippen molar-refractivity contribution >= 4 is 5.97 Å². The predicted octanol–water partition coefficient (Wildman–Crippen LogP) is 5.36. The second kappa shape index (κ2) is 15.5. The van der Waals surface area contributed by atoms with Gasteiger partial charge >= 0.3 is 5.97 Å². The van der Waals surface area contributed by atoms with Crippen LogP contribution in [0.2, 0.25) is 0 Å². The summed E-state index contributed by atoms with van der Waals surface area (Å²) < 4.78 is 0. The van der Waals surface area contributed by atoms with Gasteiger partial charge in [0.1, 0.15) is 0 Å². The lowest BCUT2D eigenvalue weighted by Gasteiger charge is -2.05. The van der Waals surface area contributed by atoms with Crippen LogP contribution in [-0.4, -0.2) is 22.0 Å². The molecule has 5 nitrogen and oxygen atoms in total. The Morgan fingerprint density at radius 2 is 1.65 bits per heavy atom. The molecule has 0 bridgehead atoms. The minimum absolute atomic E-state index is 0.178. The topological polar surface area (TPSA) is 80.4 Å². The molecule has 1 unspecified atom stereocenters. The molecule has 0 aromatic heterocycles. The summed E-state index contributed by atoms with van der Waals surface area (Å²) in [6.45, 7) is 2.16. The van der Waals surface area contributed by atoms with Gasteiger partial charge in [0, 0.05) is 17.8 Å². The van der Waals surface area contributed by atoms with Crippen LogP contribution in [0.25, 0.3) is 0 Å². The Kier molecular flexibility index (Phi) is 14.6. The fraction of sp³-hybridized carbons (Fsp3) is 0.833. The normalized spacial score (nSPS) is 12.6. The van der Waals surface area contributed by atoms with Crippen molar-refractivity contribution in [1.82, 2.24) is 0 Å². The zero-order valence-corrected chi connectivity index (χ0v) is 14.5. The van der Waals surface area contributed by atoms with Gasteiger partial charge in [0.2, 0.25) is 6.04 Å². The molecule has 0 aliphatic rings. The lowest BCUT2D eigenvalue weighted by atomic mass is 10.1. The number of aliphatic carboxylic acids is 1. The standard InChI is InChI=1S/C18H33NO4/c1-2-3-4-8-11-14-17(19(22)23)15-12-9-6-5-7-10-13-16-18(20)21/h12,15,17H,2-11,13-14,16H2,1H3,(H,20,21). The summed E-state index contributed by atoms with van der Waals surface area (Å²) in [5, 5.41) is 19.5. The minimum Gasteiger partial charge on any atom is -0.481 e. The smallest absolute Gasteiger partial charge is 0.303 e. The molecule has 0 rings (SSSR count). The Morgan fingerprint density at radius 1 is 1.04 bits per heavy atom. The highest BCUT2D eigenvalue weighted by Crippen LogP contribution is 2.12. The fourth-order valence-electron chi connectivity index (χ4n) is 2.55. The van der Waals surface area contributed by atoms with Crippen LogP contribution in [-0.2, 0) is 4.79 Å². The van der Waals surface area contributed by atoms with Crippen LogP contribution in [0.15, 0.2) is 12.2 Å². The number of unbranched alkanes of at least 4 members (excludes halogenated alkanes) is 9. The maximum absolute atomic E-state index is 11.0. The molecule has 0 heterocycles. The Balaban J connectivity index is 3.65. The first-order chi connectivity index (χ1) is 11.1. The quantitative estimate of drug-likeness (QED) is 0.179. The van der Waals surface area contributed by atoms with Crippen LogP contribution in [0, 0.1) is 10.1 Å².